The van der Waals surface area contributed by atoms with E-state index in [4.69, 9.17) is 4.84 Å². The van der Waals surface area contributed by atoms with E-state index >= 15 is 0 Å². The molecule has 2 aromatic heterocycles. The normalized spacial score (nSPS) is 17.6. The summed E-state index contributed by atoms with van der Waals surface area (Å²) in [4.78, 5) is 9.98. The zero-order valence-electron chi connectivity index (χ0n) is 8.91. The van der Waals surface area contributed by atoms with Crippen molar-refractivity contribution < 1.29 is 4.84 Å². The van der Waals surface area contributed by atoms with Gasteiger partial charge < -0.3 is 0 Å². The summed E-state index contributed by atoms with van der Waals surface area (Å²) < 4.78 is 1.84. The largest absolute Gasteiger partial charge is 0.284 e. The predicted octanol–water partition coefficient (Wildman–Crippen LogP) is 1.05. The van der Waals surface area contributed by atoms with Crippen LogP contribution in [-0.2, 0) is 4.84 Å². The minimum Gasteiger partial charge on any atom is -0.284 e. The van der Waals surface area contributed by atoms with Crippen LogP contribution in [0.4, 0.5) is 5.82 Å². The van der Waals surface area contributed by atoms with Gasteiger partial charge >= 0.3 is 0 Å². The van der Waals surface area contributed by atoms with Crippen molar-refractivity contribution in [1.82, 2.24) is 19.6 Å². The van der Waals surface area contributed by atoms with Gasteiger partial charge in [-0.05, 0) is 19.3 Å². The van der Waals surface area contributed by atoms with E-state index in [0.717, 1.165) is 37.5 Å². The van der Waals surface area contributed by atoms with E-state index in [0.29, 0.717) is 0 Å². The lowest BCUT2D eigenvalue weighted by molar-refractivity contribution is 0.117. The summed E-state index contributed by atoms with van der Waals surface area (Å²) in [5.41, 5.74) is 0.740. The first kappa shape index (κ1) is 9.53. The second kappa shape index (κ2) is 4.05. The molecular weight excluding hydrogens is 206 g/mol. The van der Waals surface area contributed by atoms with Crippen LogP contribution in [0.2, 0.25) is 0 Å². The third kappa shape index (κ3) is 1.61. The molecule has 84 valence electrons. The molecule has 1 saturated heterocycles. The van der Waals surface area contributed by atoms with Crippen molar-refractivity contribution in [1.29, 1.82) is 0 Å². The summed E-state index contributed by atoms with van der Waals surface area (Å²) in [7, 11) is 0. The predicted molar refractivity (Wildman–Crippen MR) is 57.9 cm³/mol. The van der Waals surface area contributed by atoms with Crippen molar-refractivity contribution >= 4 is 11.5 Å². The van der Waals surface area contributed by atoms with Gasteiger partial charge in [0.2, 0.25) is 5.65 Å². The van der Waals surface area contributed by atoms with E-state index in [-0.39, 0.29) is 0 Å². The molecule has 2 aromatic rings. The molecule has 0 atom stereocenters. The van der Waals surface area contributed by atoms with Gasteiger partial charge in [-0.3, -0.25) is 9.24 Å². The Kier molecular flexibility index (Phi) is 2.41. The molecule has 1 aliphatic rings. The molecule has 1 fully saturated rings. The van der Waals surface area contributed by atoms with E-state index in [1.54, 1.807) is 12.5 Å². The maximum Gasteiger partial charge on any atom is 0.205 e. The highest BCUT2D eigenvalue weighted by Gasteiger charge is 2.16. The molecule has 0 bridgehead atoms. The third-order valence-corrected chi connectivity index (χ3v) is 2.69. The number of fused-ring (bicyclic) bond motifs is 1. The molecule has 0 spiro atoms. The van der Waals surface area contributed by atoms with Crippen molar-refractivity contribution in [2.45, 2.75) is 19.3 Å². The Morgan fingerprint density at radius 2 is 2.25 bits per heavy atom. The van der Waals surface area contributed by atoms with E-state index in [1.807, 2.05) is 15.7 Å². The molecule has 0 aromatic carbocycles. The number of anilines is 1. The van der Waals surface area contributed by atoms with Crippen LogP contribution in [0.15, 0.2) is 18.7 Å². The van der Waals surface area contributed by atoms with Crippen molar-refractivity contribution in [2.75, 3.05) is 18.2 Å². The highest BCUT2D eigenvalue weighted by molar-refractivity contribution is 5.61. The number of aromatic nitrogens is 4. The molecule has 0 saturated carbocycles. The van der Waals surface area contributed by atoms with Gasteiger partial charge in [0.1, 0.15) is 6.33 Å². The maximum absolute atomic E-state index is 5.66. The quantitative estimate of drug-likeness (QED) is 0.717. The highest BCUT2D eigenvalue weighted by Crippen LogP contribution is 2.19. The number of nitrogens with zero attached hydrogens (tertiary/aromatic N) is 5. The van der Waals surface area contributed by atoms with Crippen LogP contribution in [0.1, 0.15) is 19.3 Å². The number of hydrogen-bond acceptors (Lipinski definition) is 5. The first-order valence-corrected chi connectivity index (χ1v) is 5.50. The Hall–Kier alpha value is -1.69. The van der Waals surface area contributed by atoms with Gasteiger partial charge in [-0.15, -0.1) is 10.2 Å². The fourth-order valence-corrected chi connectivity index (χ4v) is 1.86. The molecule has 0 amide bonds. The second-order valence-corrected chi connectivity index (χ2v) is 3.81. The van der Waals surface area contributed by atoms with Gasteiger partial charge in [0, 0.05) is 18.9 Å². The smallest absolute Gasteiger partial charge is 0.205 e. The molecule has 6 nitrogen and oxygen atoms in total. The fourth-order valence-electron chi connectivity index (χ4n) is 1.86. The summed E-state index contributed by atoms with van der Waals surface area (Å²) in [6.45, 7) is 1.61. The number of hydroxylamine groups is 1. The Labute approximate surface area is 92.8 Å². The molecule has 1 aliphatic heterocycles. The molecule has 0 radical (unpaired) electrons. The molecule has 0 unspecified atom stereocenters. The monoisotopic (exact) mass is 219 g/mol. The Morgan fingerprint density at radius 1 is 1.25 bits per heavy atom. The minimum atomic E-state index is 0.740. The van der Waals surface area contributed by atoms with Crippen LogP contribution in [-0.4, -0.2) is 32.7 Å². The standard InChI is InChI=1S/C10H13N5O/c1-2-5-15(16-7-3-1)9-10-13-12-8-14(10)6-4-11-9/h4,6,8H,1-3,5,7H2. The third-order valence-electron chi connectivity index (χ3n) is 2.69. The van der Waals surface area contributed by atoms with Gasteiger partial charge in [-0.25, -0.2) is 10.0 Å². The van der Waals surface area contributed by atoms with Crippen molar-refractivity contribution in [3.63, 3.8) is 0 Å². The molecule has 0 N–H and O–H groups in total. The average Bonchev–Trinajstić information content (AvgIpc) is 2.63. The van der Waals surface area contributed by atoms with Crippen LogP contribution in [0.3, 0.4) is 0 Å². The SMILES string of the molecule is c1cn2cnnc2c(N2CCCCCO2)n1. The van der Waals surface area contributed by atoms with Gasteiger partial charge in [0.15, 0.2) is 5.82 Å². The lowest BCUT2D eigenvalue weighted by Crippen LogP contribution is -2.24. The topological polar surface area (TPSA) is 55.5 Å². The Morgan fingerprint density at radius 3 is 3.25 bits per heavy atom. The Bertz CT molecular complexity index is 475. The summed E-state index contributed by atoms with van der Waals surface area (Å²) in [5.74, 6) is 0.752. The fraction of sp³-hybridized carbons (Fsp3) is 0.500. The lowest BCUT2D eigenvalue weighted by atomic mass is 10.2. The van der Waals surface area contributed by atoms with Crippen molar-refractivity contribution in [2.24, 2.45) is 0 Å². The molecule has 3 heterocycles. The number of hydrogen-bond donors (Lipinski definition) is 0. The maximum atomic E-state index is 5.66. The molecule has 0 aliphatic carbocycles. The zero-order chi connectivity index (χ0) is 10.8. The van der Waals surface area contributed by atoms with Crippen LogP contribution in [0.5, 0.6) is 0 Å². The average molecular weight is 219 g/mol. The summed E-state index contributed by atoms with van der Waals surface area (Å²) in [6.07, 6.45) is 8.66. The van der Waals surface area contributed by atoms with E-state index < -0.39 is 0 Å². The Balaban J connectivity index is 2.00. The van der Waals surface area contributed by atoms with Crippen molar-refractivity contribution in [3.05, 3.63) is 18.7 Å². The number of rotatable bonds is 1. The van der Waals surface area contributed by atoms with Gasteiger partial charge in [-0.1, -0.05) is 0 Å². The first-order valence-electron chi connectivity index (χ1n) is 5.50. The van der Waals surface area contributed by atoms with E-state index in [2.05, 4.69) is 15.2 Å². The molecular formula is C10H13N5O. The molecule has 6 heteroatoms. The summed E-state index contributed by atoms with van der Waals surface area (Å²) in [6, 6.07) is 0. The van der Waals surface area contributed by atoms with E-state index in [1.165, 1.54) is 6.42 Å². The van der Waals surface area contributed by atoms with Gasteiger partial charge in [0.05, 0.1) is 6.61 Å². The molecule has 16 heavy (non-hydrogen) atoms. The summed E-state index contributed by atoms with van der Waals surface area (Å²) in [5, 5.41) is 9.75. The molecule has 3 rings (SSSR count). The van der Waals surface area contributed by atoms with Crippen LogP contribution >= 0.6 is 0 Å². The zero-order valence-corrected chi connectivity index (χ0v) is 8.91. The van der Waals surface area contributed by atoms with Gasteiger partial charge in [0.25, 0.3) is 0 Å². The second-order valence-electron chi connectivity index (χ2n) is 3.81. The van der Waals surface area contributed by atoms with Crippen LogP contribution < -0.4 is 5.06 Å². The summed E-state index contributed by atoms with van der Waals surface area (Å²) >= 11 is 0. The lowest BCUT2D eigenvalue weighted by Gasteiger charge is -2.19. The van der Waals surface area contributed by atoms with Crippen LogP contribution in [0.25, 0.3) is 5.65 Å². The van der Waals surface area contributed by atoms with Gasteiger partial charge in [-0.2, -0.15) is 0 Å². The minimum absolute atomic E-state index is 0.740. The van der Waals surface area contributed by atoms with Crippen LogP contribution in [0, 0.1) is 0 Å². The van der Waals surface area contributed by atoms with E-state index in [9.17, 15) is 0 Å². The van der Waals surface area contributed by atoms with Crippen molar-refractivity contribution in [3.8, 4) is 0 Å². The first-order chi connectivity index (χ1) is 7.95. The highest BCUT2D eigenvalue weighted by atomic mass is 16.7.